The molecule has 0 fully saturated rings. The van der Waals surface area contributed by atoms with E-state index in [2.05, 4.69) is 22.9 Å². The van der Waals surface area contributed by atoms with Crippen molar-refractivity contribution in [2.45, 2.75) is 32.2 Å². The summed E-state index contributed by atoms with van der Waals surface area (Å²) in [6.45, 7) is 2.16. The van der Waals surface area contributed by atoms with Gasteiger partial charge in [0.05, 0.1) is 10.5 Å². The molecule has 2 N–H and O–H groups in total. The molecule has 0 aliphatic carbocycles. The van der Waals surface area contributed by atoms with Crippen LogP contribution in [0, 0.1) is 0 Å². The van der Waals surface area contributed by atoms with Crippen LogP contribution in [0.3, 0.4) is 0 Å². The van der Waals surface area contributed by atoms with Crippen molar-refractivity contribution in [2.24, 2.45) is 5.73 Å². The van der Waals surface area contributed by atoms with Crippen LogP contribution >= 0.6 is 15.9 Å². The maximum Gasteiger partial charge on any atom is 0.121 e. The van der Waals surface area contributed by atoms with E-state index in [4.69, 9.17) is 10.2 Å². The van der Waals surface area contributed by atoms with Crippen LogP contribution in [0.2, 0.25) is 0 Å². The molecule has 68 valence electrons. The highest BCUT2D eigenvalue weighted by atomic mass is 79.9. The minimum Gasteiger partial charge on any atom is -0.466 e. The lowest BCUT2D eigenvalue weighted by atomic mass is 10.1. The predicted octanol–water partition coefficient (Wildman–Crippen LogP) is 3.23. The third-order valence-corrected chi connectivity index (χ3v) is 2.24. The van der Waals surface area contributed by atoms with Gasteiger partial charge in [0.1, 0.15) is 12.0 Å². The molecule has 1 aromatic rings. The number of hydrogen-bond donors (Lipinski definition) is 1. The van der Waals surface area contributed by atoms with Crippen molar-refractivity contribution in [1.82, 2.24) is 0 Å². The number of nitrogens with two attached hydrogens (primary N) is 1. The fourth-order valence-corrected chi connectivity index (χ4v) is 1.41. The maximum atomic E-state index is 5.88. The molecule has 0 aliphatic rings. The molecule has 1 unspecified atom stereocenters. The molecule has 1 aromatic heterocycles. The first-order chi connectivity index (χ1) is 5.74. The van der Waals surface area contributed by atoms with Crippen LogP contribution in [-0.4, -0.2) is 0 Å². The van der Waals surface area contributed by atoms with Crippen LogP contribution < -0.4 is 5.73 Å². The Morgan fingerprint density at radius 3 is 2.92 bits per heavy atom. The average Bonchev–Trinajstić information content (AvgIpc) is 2.47. The molecule has 0 saturated heterocycles. The van der Waals surface area contributed by atoms with Crippen molar-refractivity contribution in [3.63, 3.8) is 0 Å². The Morgan fingerprint density at radius 1 is 1.67 bits per heavy atom. The van der Waals surface area contributed by atoms with Gasteiger partial charge in [0.25, 0.3) is 0 Å². The summed E-state index contributed by atoms with van der Waals surface area (Å²) in [5, 5.41) is 0. The molecule has 1 heterocycles. The SMILES string of the molecule is CCCCC(N)c1cc(Br)co1. The Kier molecular flexibility index (Phi) is 3.82. The summed E-state index contributed by atoms with van der Waals surface area (Å²) < 4.78 is 6.21. The Hall–Kier alpha value is -0.280. The molecule has 2 nitrogen and oxygen atoms in total. The Labute approximate surface area is 81.3 Å². The van der Waals surface area contributed by atoms with Gasteiger partial charge in [-0.05, 0) is 28.4 Å². The number of halogens is 1. The maximum absolute atomic E-state index is 5.88. The van der Waals surface area contributed by atoms with E-state index in [0.29, 0.717) is 0 Å². The third-order valence-electron chi connectivity index (χ3n) is 1.82. The molecule has 0 saturated carbocycles. The summed E-state index contributed by atoms with van der Waals surface area (Å²) in [5.74, 6) is 0.871. The van der Waals surface area contributed by atoms with Gasteiger partial charge in [-0.2, -0.15) is 0 Å². The minimum absolute atomic E-state index is 0.0521. The van der Waals surface area contributed by atoms with Gasteiger partial charge in [0, 0.05) is 0 Å². The van der Waals surface area contributed by atoms with E-state index >= 15 is 0 Å². The smallest absolute Gasteiger partial charge is 0.121 e. The molecule has 1 rings (SSSR count). The molecular formula is C9H14BrNO. The zero-order valence-corrected chi connectivity index (χ0v) is 8.80. The first kappa shape index (κ1) is 9.81. The fourth-order valence-electron chi connectivity index (χ4n) is 1.09. The number of hydrogen-bond acceptors (Lipinski definition) is 2. The summed E-state index contributed by atoms with van der Waals surface area (Å²) in [7, 11) is 0. The topological polar surface area (TPSA) is 39.2 Å². The molecule has 3 heteroatoms. The van der Waals surface area contributed by atoms with Gasteiger partial charge in [-0.3, -0.25) is 0 Å². The standard InChI is InChI=1S/C9H14BrNO/c1-2-3-4-8(11)9-5-7(10)6-12-9/h5-6,8H,2-4,11H2,1H3. The average molecular weight is 232 g/mol. The molecular weight excluding hydrogens is 218 g/mol. The van der Waals surface area contributed by atoms with Crippen LogP contribution in [0.4, 0.5) is 0 Å². The summed E-state index contributed by atoms with van der Waals surface area (Å²) in [6.07, 6.45) is 4.99. The first-order valence-electron chi connectivity index (χ1n) is 4.23. The second-order valence-electron chi connectivity index (χ2n) is 2.92. The van der Waals surface area contributed by atoms with Crippen LogP contribution in [0.1, 0.15) is 38.0 Å². The predicted molar refractivity (Wildman–Crippen MR) is 52.9 cm³/mol. The van der Waals surface area contributed by atoms with Crippen LogP contribution in [0.25, 0.3) is 0 Å². The van der Waals surface area contributed by atoms with Gasteiger partial charge < -0.3 is 10.2 Å². The van der Waals surface area contributed by atoms with Gasteiger partial charge in [-0.15, -0.1) is 0 Å². The highest BCUT2D eigenvalue weighted by Crippen LogP contribution is 2.22. The highest BCUT2D eigenvalue weighted by Gasteiger charge is 2.08. The molecule has 0 spiro atoms. The largest absolute Gasteiger partial charge is 0.466 e. The number of rotatable bonds is 4. The molecule has 0 amide bonds. The van der Waals surface area contributed by atoms with Gasteiger partial charge in [-0.25, -0.2) is 0 Å². The van der Waals surface area contributed by atoms with Crippen molar-refractivity contribution in [2.75, 3.05) is 0 Å². The summed E-state index contributed by atoms with van der Waals surface area (Å²) in [6, 6.07) is 1.98. The lowest BCUT2D eigenvalue weighted by molar-refractivity contribution is 0.444. The van der Waals surface area contributed by atoms with Gasteiger partial charge in [-0.1, -0.05) is 19.8 Å². The quantitative estimate of drug-likeness (QED) is 0.865. The molecule has 0 bridgehead atoms. The second-order valence-corrected chi connectivity index (χ2v) is 3.83. The Bertz CT molecular complexity index is 234. The zero-order valence-electron chi connectivity index (χ0n) is 7.22. The molecule has 0 aliphatic heterocycles. The fraction of sp³-hybridized carbons (Fsp3) is 0.556. The monoisotopic (exact) mass is 231 g/mol. The summed E-state index contributed by atoms with van der Waals surface area (Å²) in [4.78, 5) is 0. The second kappa shape index (κ2) is 4.67. The molecule has 1 atom stereocenters. The van der Waals surface area contributed by atoms with E-state index in [-0.39, 0.29) is 6.04 Å². The summed E-state index contributed by atoms with van der Waals surface area (Å²) in [5.41, 5.74) is 5.88. The van der Waals surface area contributed by atoms with E-state index in [9.17, 15) is 0 Å². The normalized spacial score (nSPS) is 13.2. The van der Waals surface area contributed by atoms with Gasteiger partial charge in [0.15, 0.2) is 0 Å². The van der Waals surface area contributed by atoms with Gasteiger partial charge >= 0.3 is 0 Å². The molecule has 0 radical (unpaired) electrons. The van der Waals surface area contributed by atoms with Crippen molar-refractivity contribution in [1.29, 1.82) is 0 Å². The van der Waals surface area contributed by atoms with E-state index in [1.807, 2.05) is 6.07 Å². The first-order valence-corrected chi connectivity index (χ1v) is 5.03. The van der Waals surface area contributed by atoms with E-state index in [1.54, 1.807) is 6.26 Å². The summed E-state index contributed by atoms with van der Waals surface area (Å²) >= 11 is 3.32. The molecule has 12 heavy (non-hydrogen) atoms. The Balaban J connectivity index is 2.47. The van der Waals surface area contributed by atoms with E-state index < -0.39 is 0 Å². The Morgan fingerprint density at radius 2 is 2.42 bits per heavy atom. The minimum atomic E-state index is 0.0521. The van der Waals surface area contributed by atoms with Crippen molar-refractivity contribution >= 4 is 15.9 Å². The van der Waals surface area contributed by atoms with Crippen molar-refractivity contribution < 1.29 is 4.42 Å². The number of furan rings is 1. The lowest BCUT2D eigenvalue weighted by Crippen LogP contribution is -2.08. The van der Waals surface area contributed by atoms with E-state index in [1.165, 1.54) is 6.42 Å². The molecule has 0 aromatic carbocycles. The number of unbranched alkanes of at least 4 members (excludes halogenated alkanes) is 1. The van der Waals surface area contributed by atoms with Crippen LogP contribution in [0.15, 0.2) is 21.2 Å². The highest BCUT2D eigenvalue weighted by molar-refractivity contribution is 9.10. The lowest BCUT2D eigenvalue weighted by Gasteiger charge is -2.06. The zero-order chi connectivity index (χ0) is 8.97. The van der Waals surface area contributed by atoms with Gasteiger partial charge in [0.2, 0.25) is 0 Å². The van der Waals surface area contributed by atoms with Crippen molar-refractivity contribution in [3.05, 3.63) is 22.6 Å². The van der Waals surface area contributed by atoms with E-state index in [0.717, 1.165) is 23.1 Å². The van der Waals surface area contributed by atoms with Crippen LogP contribution in [0.5, 0.6) is 0 Å². The van der Waals surface area contributed by atoms with Crippen molar-refractivity contribution in [3.8, 4) is 0 Å². The third kappa shape index (κ3) is 2.64. The van der Waals surface area contributed by atoms with Crippen LogP contribution in [-0.2, 0) is 0 Å².